The molecule has 1 aliphatic rings. The van der Waals surface area contributed by atoms with Crippen LogP contribution in [0.15, 0.2) is 18.2 Å². The van der Waals surface area contributed by atoms with Gasteiger partial charge in [0.25, 0.3) is 0 Å². The number of hydrogen-bond donors (Lipinski definition) is 2. The Balaban J connectivity index is 2.41. The molecule has 1 atom stereocenters. The van der Waals surface area contributed by atoms with Gasteiger partial charge >= 0.3 is 0 Å². The third kappa shape index (κ3) is 2.98. The van der Waals surface area contributed by atoms with E-state index < -0.39 is 0 Å². The Morgan fingerprint density at radius 1 is 1.29 bits per heavy atom. The summed E-state index contributed by atoms with van der Waals surface area (Å²) in [6.45, 7) is 8.41. The van der Waals surface area contributed by atoms with Gasteiger partial charge in [-0.25, -0.2) is 4.39 Å². The first-order valence-electron chi connectivity index (χ1n) is 8.06. The summed E-state index contributed by atoms with van der Waals surface area (Å²) in [6, 6.07) is 5.42. The number of nitrogens with zero attached hydrogens (tertiary/aromatic N) is 1. The minimum atomic E-state index is -0.157. The fourth-order valence-electron chi connectivity index (χ4n) is 3.80. The average Bonchev–Trinajstić information content (AvgIpc) is 3.02. The number of likely N-dealkylation sites (tertiary alicyclic amines) is 1. The highest BCUT2D eigenvalue weighted by Crippen LogP contribution is 2.39. The van der Waals surface area contributed by atoms with Crippen molar-refractivity contribution in [1.82, 2.24) is 10.3 Å². The molecule has 2 rings (SSSR count). The highest BCUT2D eigenvalue weighted by atomic mass is 19.1. The molecule has 0 radical (unpaired) electrons. The summed E-state index contributed by atoms with van der Waals surface area (Å²) in [6.07, 6.45) is 4.46. The van der Waals surface area contributed by atoms with Crippen LogP contribution in [0, 0.1) is 12.7 Å². The number of aryl methyl sites for hydroxylation is 1. The second-order valence-electron chi connectivity index (χ2n) is 6.11. The van der Waals surface area contributed by atoms with E-state index in [0.29, 0.717) is 5.56 Å². The maximum Gasteiger partial charge on any atom is 0.126 e. The molecular formula is C17H28FN3. The van der Waals surface area contributed by atoms with Crippen molar-refractivity contribution in [1.29, 1.82) is 0 Å². The fourth-order valence-corrected chi connectivity index (χ4v) is 3.80. The lowest BCUT2D eigenvalue weighted by Gasteiger charge is -2.46. The van der Waals surface area contributed by atoms with Crippen LogP contribution in [0.1, 0.15) is 56.7 Å². The van der Waals surface area contributed by atoms with Gasteiger partial charge in [0, 0.05) is 5.54 Å². The van der Waals surface area contributed by atoms with Crippen molar-refractivity contribution in [2.75, 3.05) is 13.1 Å². The van der Waals surface area contributed by atoms with Gasteiger partial charge in [0.1, 0.15) is 5.82 Å². The predicted octanol–water partition coefficient (Wildman–Crippen LogP) is 3.29. The van der Waals surface area contributed by atoms with Crippen LogP contribution in [-0.4, -0.2) is 23.5 Å². The highest BCUT2D eigenvalue weighted by molar-refractivity contribution is 5.28. The van der Waals surface area contributed by atoms with Crippen molar-refractivity contribution in [2.24, 2.45) is 5.84 Å². The van der Waals surface area contributed by atoms with E-state index in [2.05, 4.69) is 24.2 Å². The molecule has 1 saturated heterocycles. The molecule has 0 aromatic heterocycles. The van der Waals surface area contributed by atoms with E-state index in [4.69, 9.17) is 5.84 Å². The molecule has 118 valence electrons. The maximum atomic E-state index is 14.0. The first-order chi connectivity index (χ1) is 10.1. The van der Waals surface area contributed by atoms with Crippen LogP contribution < -0.4 is 11.3 Å². The molecule has 1 aliphatic heterocycles. The number of benzene rings is 1. The van der Waals surface area contributed by atoms with E-state index >= 15 is 0 Å². The first-order valence-corrected chi connectivity index (χ1v) is 8.06. The number of nitrogens with one attached hydrogen (secondary N) is 1. The first kappa shape index (κ1) is 16.4. The molecule has 0 aliphatic carbocycles. The summed E-state index contributed by atoms with van der Waals surface area (Å²) < 4.78 is 14.0. The van der Waals surface area contributed by atoms with Crippen LogP contribution in [0.2, 0.25) is 0 Å². The SMILES string of the molecule is CCC(CC)(C(NN)c1ccc(C)c(F)c1)N1CCCC1. The summed E-state index contributed by atoms with van der Waals surface area (Å²) in [5, 5.41) is 0. The van der Waals surface area contributed by atoms with E-state index in [0.717, 1.165) is 31.5 Å². The number of nitrogens with two attached hydrogens (primary N) is 1. The van der Waals surface area contributed by atoms with Gasteiger partial charge in [-0.2, -0.15) is 0 Å². The van der Waals surface area contributed by atoms with Crippen molar-refractivity contribution in [2.45, 2.75) is 58.0 Å². The number of rotatable bonds is 6. The van der Waals surface area contributed by atoms with E-state index in [1.807, 2.05) is 12.1 Å². The largest absolute Gasteiger partial charge is 0.296 e. The van der Waals surface area contributed by atoms with Crippen molar-refractivity contribution >= 4 is 0 Å². The molecule has 1 aromatic carbocycles. The zero-order chi connectivity index (χ0) is 15.5. The Hall–Kier alpha value is -0.970. The molecule has 0 saturated carbocycles. The van der Waals surface area contributed by atoms with Crippen LogP contribution in [0.5, 0.6) is 0 Å². The molecule has 1 aromatic rings. The van der Waals surface area contributed by atoms with Crippen molar-refractivity contribution in [3.05, 3.63) is 35.1 Å². The minimum Gasteiger partial charge on any atom is -0.296 e. The number of hydrogen-bond acceptors (Lipinski definition) is 3. The zero-order valence-electron chi connectivity index (χ0n) is 13.5. The second kappa shape index (κ2) is 6.86. The molecule has 1 fully saturated rings. The van der Waals surface area contributed by atoms with Gasteiger partial charge in [0.05, 0.1) is 6.04 Å². The van der Waals surface area contributed by atoms with Gasteiger partial charge in [0.15, 0.2) is 0 Å². The standard InChI is InChI=1S/C17H28FN3/c1-4-17(5-2,21-10-6-7-11-21)16(20-19)14-9-8-13(3)15(18)12-14/h8-9,12,16,20H,4-7,10-11,19H2,1-3H3. The Morgan fingerprint density at radius 2 is 1.90 bits per heavy atom. The van der Waals surface area contributed by atoms with Crippen LogP contribution in [0.4, 0.5) is 4.39 Å². The van der Waals surface area contributed by atoms with Crippen LogP contribution in [0.25, 0.3) is 0 Å². The highest BCUT2D eigenvalue weighted by Gasteiger charge is 2.42. The van der Waals surface area contributed by atoms with E-state index in [9.17, 15) is 4.39 Å². The predicted molar refractivity (Wildman–Crippen MR) is 85.3 cm³/mol. The molecular weight excluding hydrogens is 265 g/mol. The van der Waals surface area contributed by atoms with Gasteiger partial charge in [-0.05, 0) is 62.9 Å². The van der Waals surface area contributed by atoms with Crippen molar-refractivity contribution < 1.29 is 4.39 Å². The molecule has 1 unspecified atom stereocenters. The summed E-state index contributed by atoms with van der Waals surface area (Å²) in [5.74, 6) is 5.74. The molecule has 3 nitrogen and oxygen atoms in total. The Kier molecular flexibility index (Phi) is 5.36. The lowest BCUT2D eigenvalue weighted by atomic mass is 9.79. The smallest absolute Gasteiger partial charge is 0.126 e. The molecule has 0 amide bonds. The number of hydrazine groups is 1. The van der Waals surface area contributed by atoms with Gasteiger partial charge in [0.2, 0.25) is 0 Å². The van der Waals surface area contributed by atoms with Gasteiger partial charge in [-0.3, -0.25) is 16.2 Å². The summed E-state index contributed by atoms with van der Waals surface area (Å²) in [5.41, 5.74) is 4.54. The molecule has 4 heteroatoms. The molecule has 3 N–H and O–H groups in total. The zero-order valence-corrected chi connectivity index (χ0v) is 13.5. The fraction of sp³-hybridized carbons (Fsp3) is 0.647. The Labute approximate surface area is 127 Å². The summed E-state index contributed by atoms with van der Waals surface area (Å²) in [7, 11) is 0. The molecule has 0 spiro atoms. The van der Waals surface area contributed by atoms with Crippen LogP contribution in [0.3, 0.4) is 0 Å². The summed E-state index contributed by atoms with van der Waals surface area (Å²) >= 11 is 0. The molecule has 1 heterocycles. The minimum absolute atomic E-state index is 0.0487. The van der Waals surface area contributed by atoms with Crippen molar-refractivity contribution in [3.8, 4) is 0 Å². The monoisotopic (exact) mass is 293 g/mol. The normalized spacial score (nSPS) is 18.1. The average molecular weight is 293 g/mol. The quantitative estimate of drug-likeness (QED) is 0.624. The molecule has 0 bridgehead atoms. The summed E-state index contributed by atoms with van der Waals surface area (Å²) in [4.78, 5) is 2.54. The Bertz CT molecular complexity index is 465. The maximum absolute atomic E-state index is 14.0. The topological polar surface area (TPSA) is 41.3 Å². The van der Waals surface area contributed by atoms with Gasteiger partial charge in [-0.15, -0.1) is 0 Å². The lowest BCUT2D eigenvalue weighted by molar-refractivity contribution is 0.0615. The van der Waals surface area contributed by atoms with E-state index in [1.54, 1.807) is 13.0 Å². The Morgan fingerprint density at radius 3 is 2.38 bits per heavy atom. The number of halogens is 1. The van der Waals surface area contributed by atoms with Crippen LogP contribution >= 0.6 is 0 Å². The third-order valence-electron chi connectivity index (χ3n) is 5.19. The lowest BCUT2D eigenvalue weighted by Crippen LogP contribution is -2.56. The van der Waals surface area contributed by atoms with E-state index in [1.165, 1.54) is 12.8 Å². The van der Waals surface area contributed by atoms with Crippen molar-refractivity contribution in [3.63, 3.8) is 0 Å². The van der Waals surface area contributed by atoms with Gasteiger partial charge < -0.3 is 0 Å². The molecule has 21 heavy (non-hydrogen) atoms. The third-order valence-corrected chi connectivity index (χ3v) is 5.19. The van der Waals surface area contributed by atoms with Gasteiger partial charge in [-0.1, -0.05) is 26.0 Å². The van der Waals surface area contributed by atoms with Crippen LogP contribution in [-0.2, 0) is 0 Å². The van der Waals surface area contributed by atoms with E-state index in [-0.39, 0.29) is 17.4 Å². The second-order valence-corrected chi connectivity index (χ2v) is 6.11.